The second-order valence-corrected chi connectivity index (χ2v) is 8.53. The number of benzene rings is 1. The summed E-state index contributed by atoms with van der Waals surface area (Å²) in [6.45, 7) is 4.94. The molecule has 3 aromatic heterocycles. The van der Waals surface area contributed by atoms with E-state index < -0.39 is 0 Å². The summed E-state index contributed by atoms with van der Waals surface area (Å²) in [5.74, 6) is 0.0312. The van der Waals surface area contributed by atoms with Gasteiger partial charge in [-0.2, -0.15) is 0 Å². The number of ether oxygens (including phenoxy) is 1. The van der Waals surface area contributed by atoms with Crippen molar-refractivity contribution in [3.05, 3.63) is 70.8 Å². The number of carbonyl (C=O) groups is 1. The van der Waals surface area contributed by atoms with Crippen LogP contribution >= 0.6 is 0 Å². The Morgan fingerprint density at radius 1 is 1.11 bits per heavy atom. The highest BCUT2D eigenvalue weighted by Gasteiger charge is 2.22. The number of aromatic amines is 1. The number of aromatic nitrogens is 5. The molecular formula is C25H27N7O3. The zero-order valence-corrected chi connectivity index (χ0v) is 19.6. The molecule has 4 aromatic rings. The summed E-state index contributed by atoms with van der Waals surface area (Å²) in [5.41, 5.74) is 2.53. The fourth-order valence-electron chi connectivity index (χ4n) is 4.28. The van der Waals surface area contributed by atoms with Gasteiger partial charge in [-0.05, 0) is 48.9 Å². The van der Waals surface area contributed by atoms with Crippen molar-refractivity contribution < 1.29 is 9.53 Å². The molecule has 1 aromatic carbocycles. The Kier molecular flexibility index (Phi) is 6.64. The first-order chi connectivity index (χ1) is 17.1. The molecule has 1 N–H and O–H groups in total. The van der Waals surface area contributed by atoms with Crippen LogP contribution < -0.4 is 5.56 Å². The molecule has 1 amide bonds. The number of nitrogens with zero attached hydrogens (tertiary/aromatic N) is 6. The van der Waals surface area contributed by atoms with Crippen LogP contribution in [0.2, 0.25) is 0 Å². The molecule has 0 saturated carbocycles. The van der Waals surface area contributed by atoms with Gasteiger partial charge >= 0.3 is 0 Å². The van der Waals surface area contributed by atoms with E-state index >= 15 is 0 Å². The first-order valence-corrected chi connectivity index (χ1v) is 11.6. The van der Waals surface area contributed by atoms with E-state index in [1.165, 1.54) is 0 Å². The minimum Gasteiger partial charge on any atom is -0.385 e. The van der Waals surface area contributed by atoms with Crippen LogP contribution in [0.1, 0.15) is 16.8 Å². The van der Waals surface area contributed by atoms with Crippen molar-refractivity contribution in [2.45, 2.75) is 6.42 Å². The van der Waals surface area contributed by atoms with Crippen molar-refractivity contribution in [2.75, 3.05) is 46.4 Å². The van der Waals surface area contributed by atoms with Crippen LogP contribution in [-0.2, 0) is 4.74 Å². The largest absolute Gasteiger partial charge is 0.385 e. The lowest BCUT2D eigenvalue weighted by atomic mass is 10.1. The van der Waals surface area contributed by atoms with E-state index in [9.17, 15) is 9.59 Å². The first kappa shape index (κ1) is 22.9. The van der Waals surface area contributed by atoms with E-state index in [1.807, 2.05) is 29.2 Å². The number of H-pyrrole nitrogens is 1. The van der Waals surface area contributed by atoms with Gasteiger partial charge in [-0.25, -0.2) is 9.67 Å². The minimum atomic E-state index is -0.275. The van der Waals surface area contributed by atoms with E-state index in [1.54, 1.807) is 42.4 Å². The molecule has 0 atom stereocenters. The fraction of sp³-hybridized carbons (Fsp3) is 0.320. The summed E-state index contributed by atoms with van der Waals surface area (Å²) in [6, 6.07) is 12.7. The van der Waals surface area contributed by atoms with Crippen LogP contribution in [0.15, 0.2) is 59.7 Å². The van der Waals surface area contributed by atoms with Crippen molar-refractivity contribution in [2.24, 2.45) is 0 Å². The monoisotopic (exact) mass is 473 g/mol. The van der Waals surface area contributed by atoms with Crippen LogP contribution in [0.25, 0.3) is 28.0 Å². The molecular weight excluding hydrogens is 446 g/mol. The molecule has 35 heavy (non-hydrogen) atoms. The Labute approximate surface area is 202 Å². The molecule has 0 aliphatic carbocycles. The number of piperazine rings is 1. The molecule has 10 nitrogen and oxygen atoms in total. The lowest BCUT2D eigenvalue weighted by molar-refractivity contribution is 0.0624. The number of rotatable bonds is 7. The number of amides is 1. The molecule has 1 aliphatic heterocycles. The van der Waals surface area contributed by atoms with E-state index in [0.717, 1.165) is 56.8 Å². The van der Waals surface area contributed by atoms with Crippen LogP contribution in [0.3, 0.4) is 0 Å². The Bertz CT molecular complexity index is 1370. The van der Waals surface area contributed by atoms with Gasteiger partial charge in [0.25, 0.3) is 11.5 Å². The Balaban J connectivity index is 1.26. The van der Waals surface area contributed by atoms with Crippen LogP contribution in [-0.4, -0.2) is 87.1 Å². The lowest BCUT2D eigenvalue weighted by Gasteiger charge is -2.34. The van der Waals surface area contributed by atoms with E-state index in [4.69, 9.17) is 4.74 Å². The Morgan fingerprint density at radius 3 is 2.69 bits per heavy atom. The number of hydrogen-bond donors (Lipinski definition) is 1. The van der Waals surface area contributed by atoms with Gasteiger partial charge in [-0.3, -0.25) is 14.5 Å². The maximum Gasteiger partial charge on any atom is 0.259 e. The van der Waals surface area contributed by atoms with Gasteiger partial charge in [0.1, 0.15) is 11.3 Å². The van der Waals surface area contributed by atoms with Crippen LogP contribution in [0.4, 0.5) is 0 Å². The third-order valence-corrected chi connectivity index (χ3v) is 6.25. The molecule has 4 heterocycles. The summed E-state index contributed by atoms with van der Waals surface area (Å²) in [7, 11) is 1.72. The number of nitrogens with one attached hydrogen (secondary N) is 1. The van der Waals surface area contributed by atoms with Crippen molar-refractivity contribution >= 4 is 16.9 Å². The topological polar surface area (TPSA) is 109 Å². The van der Waals surface area contributed by atoms with Gasteiger partial charge in [0, 0.05) is 63.6 Å². The van der Waals surface area contributed by atoms with Crippen LogP contribution in [0, 0.1) is 0 Å². The molecule has 10 heteroatoms. The van der Waals surface area contributed by atoms with Gasteiger partial charge in [-0.15, -0.1) is 5.10 Å². The molecule has 0 bridgehead atoms. The fourth-order valence-corrected chi connectivity index (χ4v) is 4.28. The summed E-state index contributed by atoms with van der Waals surface area (Å²) in [5, 5.41) is 9.17. The van der Waals surface area contributed by atoms with E-state index in [2.05, 4.69) is 25.2 Å². The van der Waals surface area contributed by atoms with Crippen LogP contribution in [0.5, 0.6) is 0 Å². The van der Waals surface area contributed by atoms with Crippen molar-refractivity contribution in [1.29, 1.82) is 0 Å². The molecule has 0 unspecified atom stereocenters. The zero-order valence-electron chi connectivity index (χ0n) is 19.6. The maximum atomic E-state index is 13.0. The molecule has 0 spiro atoms. The molecule has 1 fully saturated rings. The van der Waals surface area contributed by atoms with Gasteiger partial charge in [0.15, 0.2) is 0 Å². The summed E-state index contributed by atoms with van der Waals surface area (Å²) in [4.78, 5) is 36.7. The average Bonchev–Trinajstić information content (AvgIpc) is 3.39. The SMILES string of the molecule is COCCCN1CCN(C(=O)c2ccc(-n3cc(-c4cc5cccnc5[nH]c4=O)nn3)cc2)CC1. The number of carbonyl (C=O) groups excluding carboxylic acids is 1. The maximum absolute atomic E-state index is 13.0. The smallest absolute Gasteiger partial charge is 0.259 e. The van der Waals surface area contributed by atoms with E-state index in [0.29, 0.717) is 22.5 Å². The lowest BCUT2D eigenvalue weighted by Crippen LogP contribution is -2.48. The molecule has 5 rings (SSSR count). The van der Waals surface area contributed by atoms with Crippen molar-refractivity contribution in [3.63, 3.8) is 0 Å². The normalized spacial score (nSPS) is 14.5. The molecule has 1 aliphatic rings. The van der Waals surface area contributed by atoms with Crippen molar-refractivity contribution in [1.82, 2.24) is 34.8 Å². The highest BCUT2D eigenvalue weighted by molar-refractivity contribution is 5.94. The summed E-state index contributed by atoms with van der Waals surface area (Å²) < 4.78 is 6.71. The third-order valence-electron chi connectivity index (χ3n) is 6.25. The predicted octanol–water partition coefficient (Wildman–Crippen LogP) is 1.97. The van der Waals surface area contributed by atoms with Gasteiger partial charge in [-0.1, -0.05) is 5.21 Å². The average molecular weight is 474 g/mol. The molecule has 180 valence electrons. The summed E-state index contributed by atoms with van der Waals surface area (Å²) in [6.07, 6.45) is 4.34. The highest BCUT2D eigenvalue weighted by atomic mass is 16.5. The second-order valence-electron chi connectivity index (χ2n) is 8.53. The number of fused-ring (bicyclic) bond motifs is 1. The van der Waals surface area contributed by atoms with Crippen molar-refractivity contribution in [3.8, 4) is 16.9 Å². The predicted molar refractivity (Wildman–Crippen MR) is 132 cm³/mol. The quantitative estimate of drug-likeness (QED) is 0.409. The molecule has 1 saturated heterocycles. The Hall–Kier alpha value is -3.89. The third kappa shape index (κ3) is 4.98. The first-order valence-electron chi connectivity index (χ1n) is 11.6. The molecule has 0 radical (unpaired) electrons. The number of pyridine rings is 2. The zero-order chi connectivity index (χ0) is 24.2. The number of hydrogen-bond acceptors (Lipinski definition) is 7. The van der Waals surface area contributed by atoms with Gasteiger partial charge in [0.2, 0.25) is 0 Å². The van der Waals surface area contributed by atoms with Gasteiger partial charge in [0.05, 0.1) is 17.4 Å². The van der Waals surface area contributed by atoms with Gasteiger partial charge < -0.3 is 14.6 Å². The standard InChI is InChI=1S/C25H27N7O3/c1-35-15-3-10-30-11-13-31(14-12-30)25(34)18-5-7-20(8-6-18)32-17-22(28-29-32)21-16-19-4-2-9-26-23(19)27-24(21)33/h2,4-9,16-17H,3,10-15H2,1H3,(H,26,27,33). The second kappa shape index (κ2) is 10.2. The minimum absolute atomic E-state index is 0.0312. The summed E-state index contributed by atoms with van der Waals surface area (Å²) >= 11 is 0. The van der Waals surface area contributed by atoms with E-state index in [-0.39, 0.29) is 11.5 Å². The Morgan fingerprint density at radius 2 is 1.91 bits per heavy atom. The number of methoxy groups -OCH3 is 1. The highest BCUT2D eigenvalue weighted by Crippen LogP contribution is 2.18.